The molecular formula is C17H22N2. The van der Waals surface area contributed by atoms with Crippen molar-refractivity contribution in [3.63, 3.8) is 0 Å². The van der Waals surface area contributed by atoms with Crippen LogP contribution in [0.5, 0.6) is 0 Å². The normalized spacial score (nSPS) is 14.1. The van der Waals surface area contributed by atoms with Crippen LogP contribution >= 0.6 is 0 Å². The average molecular weight is 254 g/mol. The Morgan fingerprint density at radius 1 is 0.947 bits per heavy atom. The Labute approximate surface area is 115 Å². The number of hydrogen-bond acceptors (Lipinski definition) is 2. The van der Waals surface area contributed by atoms with Gasteiger partial charge in [0.25, 0.3) is 0 Å². The van der Waals surface area contributed by atoms with Gasteiger partial charge in [-0.05, 0) is 44.2 Å². The van der Waals surface area contributed by atoms with Gasteiger partial charge in [0, 0.05) is 24.4 Å². The number of rotatable bonds is 4. The highest BCUT2D eigenvalue weighted by Gasteiger charge is 2.19. The van der Waals surface area contributed by atoms with Crippen molar-refractivity contribution in [1.29, 1.82) is 0 Å². The van der Waals surface area contributed by atoms with E-state index in [4.69, 9.17) is 0 Å². The van der Waals surface area contributed by atoms with Crippen LogP contribution in [0.15, 0.2) is 42.7 Å². The highest BCUT2D eigenvalue weighted by molar-refractivity contribution is 5.33. The molecule has 0 radical (unpaired) electrons. The zero-order valence-corrected chi connectivity index (χ0v) is 12.1. The number of aryl methyl sites for hydroxylation is 2. The predicted octanol–water partition coefficient (Wildman–Crippen LogP) is 3.76. The van der Waals surface area contributed by atoms with Crippen molar-refractivity contribution in [2.45, 2.75) is 32.7 Å². The van der Waals surface area contributed by atoms with E-state index in [1.165, 1.54) is 22.3 Å². The molecule has 0 saturated carbocycles. The van der Waals surface area contributed by atoms with E-state index in [0.29, 0.717) is 12.0 Å². The molecule has 19 heavy (non-hydrogen) atoms. The van der Waals surface area contributed by atoms with Gasteiger partial charge in [-0.15, -0.1) is 0 Å². The zero-order chi connectivity index (χ0) is 13.8. The lowest BCUT2D eigenvalue weighted by molar-refractivity contribution is 0.507. The van der Waals surface area contributed by atoms with Crippen LogP contribution in [0.1, 0.15) is 41.1 Å². The third-order valence-corrected chi connectivity index (χ3v) is 3.65. The summed E-state index contributed by atoms with van der Waals surface area (Å²) in [5.74, 6) is 0.411. The van der Waals surface area contributed by atoms with E-state index in [9.17, 15) is 0 Å². The van der Waals surface area contributed by atoms with Crippen molar-refractivity contribution in [2.75, 3.05) is 7.05 Å². The monoisotopic (exact) mass is 254 g/mol. The molecule has 100 valence electrons. The third kappa shape index (κ3) is 3.21. The van der Waals surface area contributed by atoms with Crippen molar-refractivity contribution < 1.29 is 0 Å². The number of hydrogen-bond donors (Lipinski definition) is 1. The smallest absolute Gasteiger partial charge is 0.0384 e. The highest BCUT2D eigenvalue weighted by atomic mass is 14.9. The van der Waals surface area contributed by atoms with Gasteiger partial charge >= 0.3 is 0 Å². The topological polar surface area (TPSA) is 24.9 Å². The molecule has 0 aliphatic carbocycles. The Morgan fingerprint density at radius 2 is 1.53 bits per heavy atom. The number of nitrogens with zero attached hydrogens (tertiary/aromatic N) is 1. The quantitative estimate of drug-likeness (QED) is 0.898. The fraction of sp³-hybridized carbons (Fsp3) is 0.353. The van der Waals surface area contributed by atoms with Crippen LogP contribution in [0.25, 0.3) is 0 Å². The predicted molar refractivity (Wildman–Crippen MR) is 80.4 cm³/mol. The molecule has 0 amide bonds. The van der Waals surface area contributed by atoms with Gasteiger partial charge in [0.2, 0.25) is 0 Å². The van der Waals surface area contributed by atoms with Crippen LogP contribution in [0.3, 0.4) is 0 Å². The summed E-state index contributed by atoms with van der Waals surface area (Å²) in [5.41, 5.74) is 5.30. The maximum absolute atomic E-state index is 4.09. The summed E-state index contributed by atoms with van der Waals surface area (Å²) < 4.78 is 0. The van der Waals surface area contributed by atoms with Gasteiger partial charge < -0.3 is 5.32 Å². The summed E-state index contributed by atoms with van der Waals surface area (Å²) in [6.45, 7) is 6.56. The molecule has 0 aliphatic rings. The van der Waals surface area contributed by atoms with E-state index < -0.39 is 0 Å². The van der Waals surface area contributed by atoms with E-state index in [1.807, 2.05) is 19.4 Å². The number of benzene rings is 1. The summed E-state index contributed by atoms with van der Waals surface area (Å²) in [6.07, 6.45) is 3.72. The Kier molecular flexibility index (Phi) is 4.33. The summed E-state index contributed by atoms with van der Waals surface area (Å²) in [4.78, 5) is 4.09. The zero-order valence-electron chi connectivity index (χ0n) is 12.1. The van der Waals surface area contributed by atoms with Crippen LogP contribution < -0.4 is 5.32 Å². The van der Waals surface area contributed by atoms with Crippen molar-refractivity contribution in [3.05, 3.63) is 65.0 Å². The molecule has 0 saturated heterocycles. The molecule has 2 atom stereocenters. The molecule has 2 nitrogen and oxygen atoms in total. The molecular weight excluding hydrogens is 232 g/mol. The molecule has 2 heteroatoms. The van der Waals surface area contributed by atoms with Crippen LogP contribution in [-0.2, 0) is 0 Å². The molecule has 1 aromatic carbocycles. The lowest BCUT2D eigenvalue weighted by Gasteiger charge is -2.25. The van der Waals surface area contributed by atoms with Crippen molar-refractivity contribution in [2.24, 2.45) is 0 Å². The Morgan fingerprint density at radius 3 is 2.05 bits per heavy atom. The van der Waals surface area contributed by atoms with Crippen molar-refractivity contribution >= 4 is 0 Å². The van der Waals surface area contributed by atoms with Crippen LogP contribution in [0.4, 0.5) is 0 Å². The minimum Gasteiger partial charge on any atom is -0.312 e. The maximum atomic E-state index is 4.09. The first kappa shape index (κ1) is 13.8. The first-order valence-electron chi connectivity index (χ1n) is 6.77. The Bertz CT molecular complexity index is 514. The van der Waals surface area contributed by atoms with Crippen LogP contribution in [0, 0.1) is 13.8 Å². The minimum absolute atomic E-state index is 0.320. The molecule has 0 bridgehead atoms. The van der Waals surface area contributed by atoms with Crippen molar-refractivity contribution in [3.8, 4) is 0 Å². The first-order valence-corrected chi connectivity index (χ1v) is 6.77. The molecule has 1 aromatic heterocycles. The highest BCUT2D eigenvalue weighted by Crippen LogP contribution is 2.30. The molecule has 2 rings (SSSR count). The van der Waals surface area contributed by atoms with Gasteiger partial charge in [0.1, 0.15) is 0 Å². The second kappa shape index (κ2) is 5.98. The molecule has 2 unspecified atom stereocenters. The third-order valence-electron chi connectivity index (χ3n) is 3.65. The number of aromatic nitrogens is 1. The molecule has 0 spiro atoms. The number of nitrogens with one attached hydrogen (secondary N) is 1. The second-order valence-electron chi connectivity index (χ2n) is 5.26. The molecule has 0 aliphatic heterocycles. The Balaban J connectivity index is 2.34. The van der Waals surface area contributed by atoms with E-state index in [1.54, 1.807) is 0 Å². The molecule has 0 fully saturated rings. The lowest BCUT2D eigenvalue weighted by Crippen LogP contribution is -2.22. The summed E-state index contributed by atoms with van der Waals surface area (Å²) in [6, 6.07) is 11.3. The van der Waals surface area contributed by atoms with E-state index in [0.717, 1.165) is 0 Å². The maximum Gasteiger partial charge on any atom is 0.0384 e. The second-order valence-corrected chi connectivity index (χ2v) is 5.26. The van der Waals surface area contributed by atoms with E-state index >= 15 is 0 Å². The summed E-state index contributed by atoms with van der Waals surface area (Å²) >= 11 is 0. The standard InChI is InChI=1S/C17H22N2/c1-12-9-13(2)11-16(10-12)17(18-4)14(3)15-5-7-19-8-6-15/h5-11,14,17-18H,1-4H3. The van der Waals surface area contributed by atoms with Gasteiger partial charge in [-0.3, -0.25) is 4.98 Å². The van der Waals surface area contributed by atoms with Crippen LogP contribution in [0.2, 0.25) is 0 Å². The van der Waals surface area contributed by atoms with Gasteiger partial charge in [-0.25, -0.2) is 0 Å². The summed E-state index contributed by atoms with van der Waals surface area (Å²) in [5, 5.41) is 3.45. The fourth-order valence-corrected chi connectivity index (χ4v) is 2.75. The van der Waals surface area contributed by atoms with Crippen molar-refractivity contribution in [1.82, 2.24) is 10.3 Å². The molecule has 1 N–H and O–H groups in total. The SMILES string of the molecule is CNC(c1cc(C)cc(C)c1)C(C)c1ccncc1. The minimum atomic E-state index is 0.320. The molecule has 1 heterocycles. The summed E-state index contributed by atoms with van der Waals surface area (Å²) in [7, 11) is 2.03. The number of likely N-dealkylation sites (N-methyl/N-ethyl adjacent to an activating group) is 1. The Hall–Kier alpha value is -1.67. The van der Waals surface area contributed by atoms with Gasteiger partial charge in [0.05, 0.1) is 0 Å². The van der Waals surface area contributed by atoms with E-state index in [-0.39, 0.29) is 0 Å². The number of pyridine rings is 1. The fourth-order valence-electron chi connectivity index (χ4n) is 2.75. The van der Waals surface area contributed by atoms with Gasteiger partial charge in [-0.1, -0.05) is 36.2 Å². The van der Waals surface area contributed by atoms with Gasteiger partial charge in [-0.2, -0.15) is 0 Å². The largest absolute Gasteiger partial charge is 0.312 e. The molecule has 2 aromatic rings. The first-order chi connectivity index (χ1) is 9.11. The van der Waals surface area contributed by atoms with E-state index in [2.05, 4.69) is 61.4 Å². The van der Waals surface area contributed by atoms with Crippen LogP contribution in [-0.4, -0.2) is 12.0 Å². The average Bonchev–Trinajstić information content (AvgIpc) is 2.39. The van der Waals surface area contributed by atoms with Gasteiger partial charge in [0.15, 0.2) is 0 Å². The lowest BCUT2D eigenvalue weighted by atomic mass is 9.88.